The lowest BCUT2D eigenvalue weighted by molar-refractivity contribution is 0.322. The second-order valence-electron chi connectivity index (χ2n) is 2.95. The van der Waals surface area contributed by atoms with Gasteiger partial charge in [-0.2, -0.15) is 10.5 Å². The average Bonchev–Trinajstić information content (AvgIpc) is 2.18. The van der Waals surface area contributed by atoms with E-state index in [-0.39, 0.29) is 17.1 Å². The number of hydrogen-bond donors (Lipinski definition) is 1. The first-order valence-corrected chi connectivity index (χ1v) is 5.83. The van der Waals surface area contributed by atoms with Gasteiger partial charge in [-0.05, 0) is 28.0 Å². The molecule has 1 aromatic carbocycles. The summed E-state index contributed by atoms with van der Waals surface area (Å²) < 4.78 is 0. The van der Waals surface area contributed by atoms with Crippen LogP contribution < -0.4 is 0 Å². The molecule has 2 rings (SSSR count). The third-order valence-electron chi connectivity index (χ3n) is 2.02. The van der Waals surface area contributed by atoms with E-state index < -0.39 is 0 Å². The fourth-order valence-corrected chi connectivity index (χ4v) is 2.77. The van der Waals surface area contributed by atoms with Crippen LogP contribution in [0.5, 0.6) is 0 Å². The predicted molar refractivity (Wildman–Crippen MR) is 60.2 cm³/mol. The molecule has 1 heterocycles. The Morgan fingerprint density at radius 3 is 2.69 bits per heavy atom. The number of aliphatic hydroxyl groups excluding tert-OH is 1. The lowest BCUT2D eigenvalue weighted by Gasteiger charge is -2.10. The molecule has 1 aliphatic heterocycles. The van der Waals surface area contributed by atoms with Gasteiger partial charge in [-0.1, -0.05) is 24.3 Å². The van der Waals surface area contributed by atoms with Crippen LogP contribution in [-0.4, -0.2) is 22.8 Å². The van der Waals surface area contributed by atoms with Gasteiger partial charge in [0.05, 0.1) is 6.61 Å². The Balaban J connectivity index is 2.34. The topological polar surface area (TPSA) is 20.2 Å². The van der Waals surface area contributed by atoms with E-state index in [0.717, 1.165) is 5.75 Å². The van der Waals surface area contributed by atoms with Gasteiger partial charge in [-0.25, -0.2) is 0 Å². The van der Waals surface area contributed by atoms with Crippen molar-refractivity contribution in [1.29, 1.82) is 0 Å². The summed E-state index contributed by atoms with van der Waals surface area (Å²) in [6.45, 7) is 0.270. The molecule has 1 aromatic rings. The highest BCUT2D eigenvalue weighted by atomic mass is 32.2. The predicted octanol–water partition coefficient (Wildman–Crippen LogP) is 2.08. The molecule has 1 N–H and O–H groups in total. The standard InChI is InChI=1S/C11H12OS/c12-6-8-13-7-5-10-3-1-2-4-11(10)9-13/h1-5,7,9,12H,6,8H2. The van der Waals surface area contributed by atoms with Gasteiger partial charge in [0.1, 0.15) is 0 Å². The zero-order valence-corrected chi connectivity index (χ0v) is 8.13. The van der Waals surface area contributed by atoms with Crippen LogP contribution in [0.4, 0.5) is 0 Å². The number of benzene rings is 1. The van der Waals surface area contributed by atoms with Gasteiger partial charge < -0.3 is 5.11 Å². The van der Waals surface area contributed by atoms with Crippen molar-refractivity contribution in [1.82, 2.24) is 0 Å². The van der Waals surface area contributed by atoms with Crippen LogP contribution in [0, 0.1) is 0 Å². The molecule has 0 saturated heterocycles. The number of hydrogen-bond acceptors (Lipinski definition) is 1. The molecule has 0 spiro atoms. The summed E-state index contributed by atoms with van der Waals surface area (Å²) in [4.78, 5) is 0. The highest BCUT2D eigenvalue weighted by Gasteiger charge is 2.01. The van der Waals surface area contributed by atoms with Crippen LogP contribution in [0.25, 0.3) is 6.08 Å². The van der Waals surface area contributed by atoms with E-state index in [1.807, 2.05) is 6.07 Å². The molecular weight excluding hydrogens is 180 g/mol. The molecule has 0 fully saturated rings. The Labute approximate surface area is 80.6 Å². The minimum absolute atomic E-state index is 0.138. The van der Waals surface area contributed by atoms with Crippen molar-refractivity contribution < 1.29 is 5.11 Å². The Bertz CT molecular complexity index is 366. The minimum Gasteiger partial charge on any atom is -0.396 e. The number of aliphatic hydroxyl groups is 1. The third-order valence-corrected chi connectivity index (χ3v) is 3.72. The number of fused-ring (bicyclic) bond motifs is 1. The smallest absolute Gasteiger partial charge is 0.0520 e. The zero-order valence-electron chi connectivity index (χ0n) is 7.31. The Kier molecular flexibility index (Phi) is 2.62. The van der Waals surface area contributed by atoms with Crippen molar-refractivity contribution in [2.75, 3.05) is 12.4 Å². The molecule has 0 radical (unpaired) electrons. The van der Waals surface area contributed by atoms with Crippen LogP contribution in [0.1, 0.15) is 11.1 Å². The Morgan fingerprint density at radius 2 is 1.92 bits per heavy atom. The maximum absolute atomic E-state index is 8.82. The van der Waals surface area contributed by atoms with Crippen LogP contribution in [0.2, 0.25) is 0 Å². The summed E-state index contributed by atoms with van der Waals surface area (Å²) in [6.07, 6.45) is 2.15. The van der Waals surface area contributed by atoms with Crippen molar-refractivity contribution in [3.05, 3.63) is 40.8 Å². The fourth-order valence-electron chi connectivity index (χ4n) is 1.37. The van der Waals surface area contributed by atoms with Crippen LogP contribution in [0.15, 0.2) is 29.7 Å². The van der Waals surface area contributed by atoms with Gasteiger partial charge in [-0.15, -0.1) is 0 Å². The molecule has 0 aromatic heterocycles. The summed E-state index contributed by atoms with van der Waals surface area (Å²) in [5.41, 5.74) is 2.57. The molecule has 2 heteroatoms. The maximum atomic E-state index is 8.82. The summed E-state index contributed by atoms with van der Waals surface area (Å²) in [5.74, 6) is 0.852. The highest BCUT2D eigenvalue weighted by molar-refractivity contribution is 8.17. The lowest BCUT2D eigenvalue weighted by atomic mass is 10.1. The monoisotopic (exact) mass is 192 g/mol. The van der Waals surface area contributed by atoms with Gasteiger partial charge >= 0.3 is 0 Å². The van der Waals surface area contributed by atoms with Crippen LogP contribution >= 0.6 is 10.5 Å². The van der Waals surface area contributed by atoms with Crippen molar-refractivity contribution in [2.45, 2.75) is 0 Å². The molecule has 0 saturated carbocycles. The van der Waals surface area contributed by atoms with E-state index in [4.69, 9.17) is 5.11 Å². The third kappa shape index (κ3) is 1.90. The first kappa shape index (κ1) is 8.73. The normalized spacial score (nSPS) is 19.3. The van der Waals surface area contributed by atoms with E-state index >= 15 is 0 Å². The molecule has 68 valence electrons. The SMILES string of the molecule is OCCS1=Cc2ccccc2C=C1. The molecule has 0 amide bonds. The fraction of sp³-hybridized carbons (Fsp3) is 0.182. The molecule has 1 nitrogen and oxygen atoms in total. The van der Waals surface area contributed by atoms with Crippen molar-refractivity contribution in [2.24, 2.45) is 0 Å². The Morgan fingerprint density at radius 1 is 1.15 bits per heavy atom. The summed E-state index contributed by atoms with van der Waals surface area (Å²) in [7, 11) is 0.138. The molecule has 1 atom stereocenters. The summed E-state index contributed by atoms with van der Waals surface area (Å²) in [6, 6.07) is 8.33. The first-order valence-electron chi connectivity index (χ1n) is 4.31. The summed E-state index contributed by atoms with van der Waals surface area (Å²) in [5, 5.41) is 13.2. The molecular formula is C11H12OS. The minimum atomic E-state index is 0.138. The molecule has 13 heavy (non-hydrogen) atoms. The second kappa shape index (κ2) is 3.90. The van der Waals surface area contributed by atoms with Gasteiger partial charge in [0.25, 0.3) is 0 Å². The second-order valence-corrected chi connectivity index (χ2v) is 4.80. The van der Waals surface area contributed by atoms with Gasteiger partial charge in [0, 0.05) is 5.75 Å². The molecule has 1 aliphatic rings. The molecule has 0 bridgehead atoms. The summed E-state index contributed by atoms with van der Waals surface area (Å²) >= 11 is 0. The van der Waals surface area contributed by atoms with Crippen molar-refractivity contribution >= 4 is 21.9 Å². The van der Waals surface area contributed by atoms with Gasteiger partial charge in [-0.3, -0.25) is 0 Å². The average molecular weight is 192 g/mol. The van der Waals surface area contributed by atoms with Crippen LogP contribution in [-0.2, 0) is 0 Å². The van der Waals surface area contributed by atoms with Gasteiger partial charge in [0.2, 0.25) is 0 Å². The quantitative estimate of drug-likeness (QED) is 0.711. The lowest BCUT2D eigenvalue weighted by Crippen LogP contribution is -1.95. The molecule has 0 aliphatic carbocycles. The largest absolute Gasteiger partial charge is 0.396 e. The van der Waals surface area contributed by atoms with E-state index in [1.54, 1.807) is 0 Å². The Hall–Kier alpha value is -0.860. The van der Waals surface area contributed by atoms with E-state index in [2.05, 4.69) is 35.1 Å². The van der Waals surface area contributed by atoms with Crippen LogP contribution in [0.3, 0.4) is 0 Å². The van der Waals surface area contributed by atoms with E-state index in [1.165, 1.54) is 11.1 Å². The van der Waals surface area contributed by atoms with E-state index in [9.17, 15) is 0 Å². The highest BCUT2D eigenvalue weighted by Crippen LogP contribution is 2.24. The first-order chi connectivity index (χ1) is 6.40. The number of rotatable bonds is 2. The maximum Gasteiger partial charge on any atom is 0.0520 e. The van der Waals surface area contributed by atoms with Gasteiger partial charge in [0.15, 0.2) is 0 Å². The van der Waals surface area contributed by atoms with Crippen molar-refractivity contribution in [3.8, 4) is 0 Å². The zero-order chi connectivity index (χ0) is 9.10. The molecule has 1 unspecified atom stereocenters. The van der Waals surface area contributed by atoms with Crippen molar-refractivity contribution in [3.63, 3.8) is 0 Å². The van der Waals surface area contributed by atoms with E-state index in [0.29, 0.717) is 0 Å².